The van der Waals surface area contributed by atoms with Crippen molar-refractivity contribution in [1.82, 2.24) is 0 Å². The van der Waals surface area contributed by atoms with Crippen LogP contribution >= 0.6 is 0 Å². The molecule has 0 aliphatic heterocycles. The van der Waals surface area contributed by atoms with Crippen LogP contribution < -0.4 is 5.32 Å². The normalized spacial score (nSPS) is 10.5. The Morgan fingerprint density at radius 3 is 2.89 bits per heavy atom. The first kappa shape index (κ1) is 13.9. The fraction of sp³-hybridized carbons (Fsp3) is 0.231. The van der Waals surface area contributed by atoms with Gasteiger partial charge in [-0.2, -0.15) is 0 Å². The number of anilines is 1. The average Bonchev–Trinajstić information content (AvgIpc) is 2.34. The molecule has 1 aromatic rings. The van der Waals surface area contributed by atoms with Gasteiger partial charge in [0.05, 0.1) is 0 Å². The number of aliphatic carboxylic acids is 1. The average molecular weight is 249 g/mol. The summed E-state index contributed by atoms with van der Waals surface area (Å²) in [5, 5.41) is 11.2. The minimum Gasteiger partial charge on any atom is -0.478 e. The fourth-order valence-corrected chi connectivity index (χ4v) is 1.28. The summed E-state index contributed by atoms with van der Waals surface area (Å²) in [7, 11) is 0. The van der Waals surface area contributed by atoms with Crippen molar-refractivity contribution in [3.8, 4) is 0 Å². The first-order valence-corrected chi connectivity index (χ1v) is 5.50. The van der Waals surface area contributed by atoms with Gasteiger partial charge >= 0.3 is 5.97 Å². The SMILES string of the molecule is CCOCC(=O)Nc1cccc(C=CC(=O)O)c1. The smallest absolute Gasteiger partial charge is 0.328 e. The quantitative estimate of drug-likeness (QED) is 0.753. The molecule has 1 aromatic carbocycles. The maximum absolute atomic E-state index is 11.4. The largest absolute Gasteiger partial charge is 0.478 e. The Bertz CT molecular complexity index is 454. The van der Waals surface area contributed by atoms with Crippen LogP contribution in [0.3, 0.4) is 0 Å². The van der Waals surface area contributed by atoms with Gasteiger partial charge in [0.15, 0.2) is 0 Å². The number of nitrogens with one attached hydrogen (secondary N) is 1. The van der Waals surface area contributed by atoms with Gasteiger partial charge < -0.3 is 15.2 Å². The van der Waals surface area contributed by atoms with Crippen LogP contribution in [0, 0.1) is 0 Å². The van der Waals surface area contributed by atoms with Crippen LogP contribution in [-0.2, 0) is 14.3 Å². The maximum Gasteiger partial charge on any atom is 0.328 e. The number of ether oxygens (including phenoxy) is 1. The van der Waals surface area contributed by atoms with Crippen LogP contribution in [0.1, 0.15) is 12.5 Å². The van der Waals surface area contributed by atoms with Crippen LogP contribution in [0.15, 0.2) is 30.3 Å². The van der Waals surface area contributed by atoms with Crippen molar-refractivity contribution in [2.45, 2.75) is 6.92 Å². The maximum atomic E-state index is 11.4. The Balaban J connectivity index is 2.64. The Kier molecular flexibility index (Phi) is 5.60. The second-order valence-electron chi connectivity index (χ2n) is 3.48. The molecule has 0 aromatic heterocycles. The van der Waals surface area contributed by atoms with Gasteiger partial charge in [-0.1, -0.05) is 12.1 Å². The first-order valence-electron chi connectivity index (χ1n) is 5.50. The summed E-state index contributed by atoms with van der Waals surface area (Å²) in [6, 6.07) is 6.89. The van der Waals surface area contributed by atoms with E-state index >= 15 is 0 Å². The number of carboxylic acid groups (broad SMARTS) is 1. The van der Waals surface area contributed by atoms with E-state index < -0.39 is 5.97 Å². The summed E-state index contributed by atoms with van der Waals surface area (Å²) in [6.45, 7) is 2.30. The van der Waals surface area contributed by atoms with Crippen molar-refractivity contribution < 1.29 is 19.4 Å². The van der Waals surface area contributed by atoms with Crippen molar-refractivity contribution in [3.05, 3.63) is 35.9 Å². The Morgan fingerprint density at radius 2 is 2.22 bits per heavy atom. The number of amides is 1. The van der Waals surface area contributed by atoms with E-state index in [-0.39, 0.29) is 12.5 Å². The molecule has 1 rings (SSSR count). The standard InChI is InChI=1S/C13H15NO4/c1-2-18-9-12(15)14-11-5-3-4-10(8-11)6-7-13(16)17/h3-8H,2,9H2,1H3,(H,14,15)(H,16,17). The molecule has 2 N–H and O–H groups in total. The monoisotopic (exact) mass is 249 g/mol. The Hall–Kier alpha value is -2.14. The summed E-state index contributed by atoms with van der Waals surface area (Å²) in [5.41, 5.74) is 1.30. The molecule has 96 valence electrons. The van der Waals surface area contributed by atoms with Crippen molar-refractivity contribution in [3.63, 3.8) is 0 Å². The van der Waals surface area contributed by atoms with Gasteiger partial charge in [0.2, 0.25) is 5.91 Å². The third-order valence-electron chi connectivity index (χ3n) is 2.03. The van der Waals surface area contributed by atoms with Crippen LogP contribution in [0.25, 0.3) is 6.08 Å². The second-order valence-corrected chi connectivity index (χ2v) is 3.48. The van der Waals surface area contributed by atoms with Crippen LogP contribution in [0.5, 0.6) is 0 Å². The molecule has 0 saturated carbocycles. The molecule has 0 aliphatic rings. The number of carbonyl (C=O) groups excluding carboxylic acids is 1. The van der Waals surface area contributed by atoms with Gasteiger partial charge in [0, 0.05) is 18.4 Å². The zero-order valence-corrected chi connectivity index (χ0v) is 10.1. The van der Waals surface area contributed by atoms with E-state index in [1.807, 2.05) is 6.92 Å². The molecule has 1 amide bonds. The highest BCUT2D eigenvalue weighted by Gasteiger charge is 2.01. The number of benzene rings is 1. The number of hydrogen-bond acceptors (Lipinski definition) is 3. The predicted molar refractivity (Wildman–Crippen MR) is 68.2 cm³/mol. The highest BCUT2D eigenvalue weighted by atomic mass is 16.5. The molecule has 5 nitrogen and oxygen atoms in total. The minimum atomic E-state index is -1.01. The summed E-state index contributed by atoms with van der Waals surface area (Å²) < 4.78 is 4.97. The topological polar surface area (TPSA) is 75.6 Å². The van der Waals surface area contributed by atoms with Gasteiger partial charge in [0.1, 0.15) is 6.61 Å². The Morgan fingerprint density at radius 1 is 1.44 bits per heavy atom. The van der Waals surface area contributed by atoms with E-state index in [1.54, 1.807) is 24.3 Å². The predicted octanol–water partition coefficient (Wildman–Crippen LogP) is 1.76. The highest BCUT2D eigenvalue weighted by molar-refractivity contribution is 5.92. The molecule has 5 heteroatoms. The second kappa shape index (κ2) is 7.24. The van der Waals surface area contributed by atoms with Gasteiger partial charge in [-0.05, 0) is 30.7 Å². The summed E-state index contributed by atoms with van der Waals surface area (Å²) in [6.07, 6.45) is 2.50. The van der Waals surface area contributed by atoms with Crippen molar-refractivity contribution >= 4 is 23.6 Å². The lowest BCUT2D eigenvalue weighted by atomic mass is 10.2. The molecule has 0 saturated heterocycles. The van der Waals surface area contributed by atoms with Gasteiger partial charge in [-0.3, -0.25) is 4.79 Å². The van der Waals surface area contributed by atoms with Gasteiger partial charge in [-0.15, -0.1) is 0 Å². The molecule has 0 heterocycles. The van der Waals surface area contributed by atoms with Crippen molar-refractivity contribution in [1.29, 1.82) is 0 Å². The lowest BCUT2D eigenvalue weighted by Gasteiger charge is -2.05. The van der Waals surface area contributed by atoms with E-state index in [1.165, 1.54) is 6.08 Å². The molecular formula is C13H15NO4. The van der Waals surface area contributed by atoms with Gasteiger partial charge in [-0.25, -0.2) is 4.79 Å². The van der Waals surface area contributed by atoms with E-state index in [0.29, 0.717) is 17.9 Å². The Labute approximate surface area is 105 Å². The van der Waals surface area contributed by atoms with Crippen LogP contribution in [0.2, 0.25) is 0 Å². The van der Waals surface area contributed by atoms with E-state index in [9.17, 15) is 9.59 Å². The minimum absolute atomic E-state index is 0.00565. The molecule has 0 fully saturated rings. The molecule has 0 aliphatic carbocycles. The van der Waals surface area contributed by atoms with E-state index in [4.69, 9.17) is 9.84 Å². The number of carbonyl (C=O) groups is 2. The zero-order valence-electron chi connectivity index (χ0n) is 10.1. The highest BCUT2D eigenvalue weighted by Crippen LogP contribution is 2.11. The summed E-state index contributed by atoms with van der Waals surface area (Å²) in [5.74, 6) is -1.25. The first-order chi connectivity index (χ1) is 8.61. The molecule has 0 bridgehead atoms. The summed E-state index contributed by atoms with van der Waals surface area (Å²) in [4.78, 5) is 21.8. The lowest BCUT2D eigenvalue weighted by molar-refractivity contribution is -0.131. The van der Waals surface area contributed by atoms with Crippen LogP contribution in [0.4, 0.5) is 5.69 Å². The van der Waals surface area contributed by atoms with Gasteiger partial charge in [0.25, 0.3) is 0 Å². The number of carboxylic acids is 1. The third-order valence-corrected chi connectivity index (χ3v) is 2.03. The molecule has 0 atom stereocenters. The fourth-order valence-electron chi connectivity index (χ4n) is 1.28. The molecule has 0 radical (unpaired) electrons. The van der Waals surface area contributed by atoms with E-state index in [2.05, 4.69) is 5.32 Å². The van der Waals surface area contributed by atoms with Crippen LogP contribution in [-0.4, -0.2) is 30.2 Å². The zero-order chi connectivity index (χ0) is 13.4. The number of rotatable bonds is 6. The lowest BCUT2D eigenvalue weighted by Crippen LogP contribution is -2.18. The third kappa shape index (κ3) is 5.27. The van der Waals surface area contributed by atoms with Crippen molar-refractivity contribution in [2.24, 2.45) is 0 Å². The summed E-state index contributed by atoms with van der Waals surface area (Å²) >= 11 is 0. The van der Waals surface area contributed by atoms with E-state index in [0.717, 1.165) is 6.08 Å². The van der Waals surface area contributed by atoms with Crippen molar-refractivity contribution in [2.75, 3.05) is 18.5 Å². The molecule has 0 unspecified atom stereocenters. The molecule has 0 spiro atoms. The number of hydrogen-bond donors (Lipinski definition) is 2. The molecular weight excluding hydrogens is 234 g/mol. The molecule has 18 heavy (non-hydrogen) atoms.